The third-order valence-corrected chi connectivity index (χ3v) is 3.61. The average molecular weight is 301 g/mol. The highest BCUT2D eigenvalue weighted by Crippen LogP contribution is 2.19. The topological polar surface area (TPSA) is 68.5 Å². The van der Waals surface area contributed by atoms with Gasteiger partial charge in [-0.05, 0) is 45.0 Å². The Hall–Kier alpha value is -2.21. The first-order valence-corrected chi connectivity index (χ1v) is 7.38. The van der Waals surface area contributed by atoms with E-state index in [1.807, 2.05) is 30.9 Å². The largest absolute Gasteiger partial charge is 0.372 e. The van der Waals surface area contributed by atoms with E-state index in [-0.39, 0.29) is 18.1 Å². The Bertz CT molecular complexity index is 656. The quantitative estimate of drug-likeness (QED) is 0.851. The molecule has 1 aromatic carbocycles. The second kappa shape index (κ2) is 5.88. The summed E-state index contributed by atoms with van der Waals surface area (Å²) in [7, 11) is 0. The Morgan fingerprint density at radius 3 is 2.36 bits per heavy atom. The van der Waals surface area contributed by atoms with Crippen LogP contribution >= 0.6 is 0 Å². The number of aromatic nitrogens is 2. The number of benzene rings is 1. The van der Waals surface area contributed by atoms with Crippen LogP contribution in [0.2, 0.25) is 0 Å². The van der Waals surface area contributed by atoms with E-state index < -0.39 is 0 Å². The lowest BCUT2D eigenvalue weighted by atomic mass is 10.1. The molecular weight excluding hydrogens is 282 g/mol. The minimum Gasteiger partial charge on any atom is -0.372 e. The minimum atomic E-state index is 0.0234. The van der Waals surface area contributed by atoms with Gasteiger partial charge in [0.15, 0.2) is 5.82 Å². The number of rotatable bonds is 2. The van der Waals surface area contributed by atoms with Crippen molar-refractivity contribution in [2.24, 2.45) is 0 Å². The summed E-state index contributed by atoms with van der Waals surface area (Å²) in [5, 5.41) is 3.77. The van der Waals surface area contributed by atoms with Crippen molar-refractivity contribution in [1.29, 1.82) is 0 Å². The van der Waals surface area contributed by atoms with Crippen LogP contribution < -0.4 is 0 Å². The first kappa shape index (κ1) is 14.7. The molecule has 2 atom stereocenters. The maximum absolute atomic E-state index is 12.6. The first-order chi connectivity index (χ1) is 10.5. The van der Waals surface area contributed by atoms with Gasteiger partial charge in [-0.25, -0.2) is 0 Å². The Kier molecular flexibility index (Phi) is 3.94. The Morgan fingerprint density at radius 2 is 1.82 bits per heavy atom. The van der Waals surface area contributed by atoms with Gasteiger partial charge in [-0.3, -0.25) is 4.79 Å². The van der Waals surface area contributed by atoms with Crippen LogP contribution in [-0.4, -0.2) is 46.2 Å². The van der Waals surface area contributed by atoms with Crippen molar-refractivity contribution in [3.63, 3.8) is 0 Å². The number of morpholine rings is 1. The minimum absolute atomic E-state index is 0.0234. The van der Waals surface area contributed by atoms with Crippen LogP contribution in [0.4, 0.5) is 0 Å². The van der Waals surface area contributed by atoms with E-state index in [1.165, 1.54) is 0 Å². The summed E-state index contributed by atoms with van der Waals surface area (Å²) in [6, 6.07) is 7.24. The standard InChI is InChI=1S/C16H19N3O3/c1-10-8-19(9-11(2)21-10)16(20)14-6-4-13(5-7-14)15-17-12(3)18-22-15/h4-7,10-11H,8-9H2,1-3H3. The number of aryl methyl sites for hydroxylation is 1. The molecule has 0 N–H and O–H groups in total. The fraction of sp³-hybridized carbons (Fsp3) is 0.438. The molecule has 1 aromatic heterocycles. The Labute approximate surface area is 129 Å². The molecule has 0 bridgehead atoms. The maximum Gasteiger partial charge on any atom is 0.257 e. The lowest BCUT2D eigenvalue weighted by Crippen LogP contribution is -2.48. The first-order valence-electron chi connectivity index (χ1n) is 7.38. The molecule has 116 valence electrons. The molecule has 0 spiro atoms. The number of carbonyl (C=O) groups excluding carboxylic acids is 1. The van der Waals surface area contributed by atoms with Crippen LogP contribution in [0, 0.1) is 6.92 Å². The fourth-order valence-electron chi connectivity index (χ4n) is 2.70. The third kappa shape index (κ3) is 3.01. The van der Waals surface area contributed by atoms with Gasteiger partial charge in [0.05, 0.1) is 12.2 Å². The van der Waals surface area contributed by atoms with Crippen molar-refractivity contribution in [1.82, 2.24) is 15.0 Å². The summed E-state index contributed by atoms with van der Waals surface area (Å²) >= 11 is 0. The molecule has 1 fully saturated rings. The second-order valence-electron chi connectivity index (χ2n) is 5.69. The number of carbonyl (C=O) groups is 1. The van der Waals surface area contributed by atoms with Crippen molar-refractivity contribution < 1.29 is 14.1 Å². The van der Waals surface area contributed by atoms with Gasteiger partial charge in [0.1, 0.15) is 0 Å². The molecular formula is C16H19N3O3. The summed E-state index contributed by atoms with van der Waals surface area (Å²) < 4.78 is 10.8. The highest BCUT2D eigenvalue weighted by atomic mass is 16.5. The molecule has 22 heavy (non-hydrogen) atoms. The lowest BCUT2D eigenvalue weighted by molar-refractivity contribution is -0.0586. The third-order valence-electron chi connectivity index (χ3n) is 3.61. The van der Waals surface area contributed by atoms with E-state index in [0.29, 0.717) is 30.4 Å². The molecule has 6 nitrogen and oxygen atoms in total. The predicted molar refractivity (Wildman–Crippen MR) is 80.4 cm³/mol. The zero-order chi connectivity index (χ0) is 15.7. The van der Waals surface area contributed by atoms with Gasteiger partial charge in [0.25, 0.3) is 11.8 Å². The van der Waals surface area contributed by atoms with Crippen LogP contribution in [0.15, 0.2) is 28.8 Å². The molecule has 2 unspecified atom stereocenters. The molecule has 3 rings (SSSR count). The zero-order valence-electron chi connectivity index (χ0n) is 12.9. The van der Waals surface area contributed by atoms with Crippen LogP contribution in [0.25, 0.3) is 11.5 Å². The van der Waals surface area contributed by atoms with Gasteiger partial charge in [0, 0.05) is 24.2 Å². The van der Waals surface area contributed by atoms with E-state index in [9.17, 15) is 4.79 Å². The average Bonchev–Trinajstić information content (AvgIpc) is 2.92. The number of nitrogens with zero attached hydrogens (tertiary/aromatic N) is 3. The van der Waals surface area contributed by atoms with E-state index >= 15 is 0 Å². The van der Waals surface area contributed by atoms with Crippen LogP contribution in [0.1, 0.15) is 30.0 Å². The summed E-state index contributed by atoms with van der Waals surface area (Å²) in [5.41, 5.74) is 1.46. The summed E-state index contributed by atoms with van der Waals surface area (Å²) in [5.74, 6) is 1.08. The molecule has 1 aliphatic rings. The van der Waals surface area contributed by atoms with Crippen LogP contribution in [-0.2, 0) is 4.74 Å². The van der Waals surface area contributed by atoms with Crippen LogP contribution in [0.5, 0.6) is 0 Å². The number of hydrogen-bond acceptors (Lipinski definition) is 5. The van der Waals surface area contributed by atoms with E-state index in [2.05, 4.69) is 10.1 Å². The summed E-state index contributed by atoms with van der Waals surface area (Å²) in [6.07, 6.45) is 0.127. The van der Waals surface area contributed by atoms with Crippen molar-refractivity contribution in [3.05, 3.63) is 35.7 Å². The van der Waals surface area contributed by atoms with Crippen LogP contribution in [0.3, 0.4) is 0 Å². The highest BCUT2D eigenvalue weighted by Gasteiger charge is 2.26. The molecule has 2 aromatic rings. The normalized spacial score (nSPS) is 21.9. The number of amides is 1. The molecule has 1 amide bonds. The highest BCUT2D eigenvalue weighted by molar-refractivity contribution is 5.94. The molecule has 0 aliphatic carbocycles. The van der Waals surface area contributed by atoms with Crippen molar-refractivity contribution in [2.45, 2.75) is 33.0 Å². The molecule has 6 heteroatoms. The van der Waals surface area contributed by atoms with E-state index in [4.69, 9.17) is 9.26 Å². The summed E-state index contributed by atoms with van der Waals surface area (Å²) in [4.78, 5) is 18.6. The molecule has 0 radical (unpaired) electrons. The predicted octanol–water partition coefficient (Wildman–Crippen LogP) is 2.29. The number of hydrogen-bond donors (Lipinski definition) is 0. The zero-order valence-corrected chi connectivity index (χ0v) is 12.9. The lowest BCUT2D eigenvalue weighted by Gasteiger charge is -2.35. The smallest absolute Gasteiger partial charge is 0.257 e. The molecule has 0 saturated carbocycles. The fourth-order valence-corrected chi connectivity index (χ4v) is 2.70. The van der Waals surface area contributed by atoms with Gasteiger partial charge in [-0.15, -0.1) is 0 Å². The second-order valence-corrected chi connectivity index (χ2v) is 5.69. The monoisotopic (exact) mass is 301 g/mol. The van der Waals surface area contributed by atoms with Gasteiger partial charge in [-0.1, -0.05) is 5.16 Å². The van der Waals surface area contributed by atoms with E-state index in [0.717, 1.165) is 5.56 Å². The summed E-state index contributed by atoms with van der Waals surface area (Å²) in [6.45, 7) is 6.97. The van der Waals surface area contributed by atoms with E-state index in [1.54, 1.807) is 19.1 Å². The Morgan fingerprint density at radius 1 is 1.18 bits per heavy atom. The maximum atomic E-state index is 12.6. The SMILES string of the molecule is Cc1noc(-c2ccc(C(=O)N3CC(C)OC(C)C3)cc2)n1. The number of ether oxygens (including phenoxy) is 1. The van der Waals surface area contributed by atoms with Gasteiger partial charge in [-0.2, -0.15) is 4.98 Å². The molecule has 1 saturated heterocycles. The van der Waals surface area contributed by atoms with Crippen molar-refractivity contribution in [3.8, 4) is 11.5 Å². The molecule has 2 heterocycles. The van der Waals surface area contributed by atoms with Gasteiger partial charge < -0.3 is 14.2 Å². The van der Waals surface area contributed by atoms with Gasteiger partial charge in [0.2, 0.25) is 0 Å². The molecule has 1 aliphatic heterocycles. The van der Waals surface area contributed by atoms with Gasteiger partial charge >= 0.3 is 0 Å². The van der Waals surface area contributed by atoms with Crippen molar-refractivity contribution in [2.75, 3.05) is 13.1 Å². The Balaban J connectivity index is 1.76. The van der Waals surface area contributed by atoms with Crippen molar-refractivity contribution >= 4 is 5.91 Å².